The fraction of sp³-hybridized carbons (Fsp3) is 0.304. The van der Waals surface area contributed by atoms with Gasteiger partial charge >= 0.3 is 0 Å². The van der Waals surface area contributed by atoms with Crippen LogP contribution in [0.5, 0.6) is 11.5 Å². The first kappa shape index (κ1) is 20.3. The molecular formula is C23H25N3O3S. The summed E-state index contributed by atoms with van der Waals surface area (Å²) in [5.41, 5.74) is 4.98. The van der Waals surface area contributed by atoms with E-state index in [2.05, 4.69) is 11.4 Å². The lowest BCUT2D eigenvalue weighted by molar-refractivity contribution is -0.115. The number of carbonyl (C=O) groups is 1. The van der Waals surface area contributed by atoms with Crippen LogP contribution in [0.15, 0.2) is 42.5 Å². The van der Waals surface area contributed by atoms with Gasteiger partial charge in [-0.3, -0.25) is 4.79 Å². The lowest BCUT2D eigenvalue weighted by atomic mass is 10.0. The second kappa shape index (κ2) is 8.07. The number of nitrogens with zero attached hydrogens (tertiary/aromatic N) is 2. The van der Waals surface area contributed by atoms with Crippen molar-refractivity contribution in [1.82, 2.24) is 9.78 Å². The number of aromatic nitrogens is 2. The van der Waals surface area contributed by atoms with Gasteiger partial charge in [-0.2, -0.15) is 5.10 Å². The Morgan fingerprint density at radius 1 is 1.07 bits per heavy atom. The molecule has 0 aliphatic carbocycles. The normalized spacial score (nSPS) is 18.4. The molecule has 1 aliphatic rings. The number of aryl methyl sites for hydroxylation is 2. The minimum atomic E-state index is -0.221. The van der Waals surface area contributed by atoms with Crippen molar-refractivity contribution in [2.45, 2.75) is 31.3 Å². The maximum Gasteiger partial charge on any atom is 0.238 e. The van der Waals surface area contributed by atoms with Crippen molar-refractivity contribution in [3.05, 3.63) is 64.8 Å². The highest BCUT2D eigenvalue weighted by molar-refractivity contribution is 8.01. The predicted octanol–water partition coefficient (Wildman–Crippen LogP) is 4.67. The topological polar surface area (TPSA) is 65.4 Å². The molecule has 7 heteroatoms. The lowest BCUT2D eigenvalue weighted by Crippen LogP contribution is -2.22. The van der Waals surface area contributed by atoms with Gasteiger partial charge in [0.2, 0.25) is 5.91 Å². The summed E-state index contributed by atoms with van der Waals surface area (Å²) in [4.78, 5) is 12.8. The van der Waals surface area contributed by atoms with E-state index in [9.17, 15) is 4.79 Å². The molecule has 0 bridgehead atoms. The Morgan fingerprint density at radius 3 is 2.53 bits per heavy atom. The van der Waals surface area contributed by atoms with Gasteiger partial charge < -0.3 is 14.8 Å². The van der Waals surface area contributed by atoms with Crippen molar-refractivity contribution < 1.29 is 14.3 Å². The zero-order valence-corrected chi connectivity index (χ0v) is 18.5. The fourth-order valence-corrected chi connectivity index (χ4v) is 5.05. The van der Waals surface area contributed by atoms with Crippen LogP contribution in [0.3, 0.4) is 0 Å². The summed E-state index contributed by atoms with van der Waals surface area (Å²) in [6.45, 7) is 5.96. The van der Waals surface area contributed by atoms with Crippen LogP contribution < -0.4 is 14.8 Å². The van der Waals surface area contributed by atoms with Gasteiger partial charge in [0.05, 0.1) is 36.1 Å². The van der Waals surface area contributed by atoms with Gasteiger partial charge in [-0.1, -0.05) is 18.2 Å². The first-order valence-corrected chi connectivity index (χ1v) is 10.7. The molecule has 0 saturated heterocycles. The molecule has 0 unspecified atom stereocenters. The molecular weight excluding hydrogens is 398 g/mol. The molecule has 2 atom stereocenters. The van der Waals surface area contributed by atoms with E-state index < -0.39 is 0 Å². The van der Waals surface area contributed by atoms with Crippen LogP contribution in [-0.2, 0) is 4.79 Å². The monoisotopic (exact) mass is 423 g/mol. The standard InChI is InChI=1S/C23H25N3O3S/c1-13-7-6-8-17(11-13)26-22-20(14(2)25-26)21(30-15(3)23(27)24-22)16-9-10-18(28-4)19(12-16)29-5/h6-12,15,21H,1-5H3,(H,24,27)/t15-,21+/m1/s1. The summed E-state index contributed by atoms with van der Waals surface area (Å²) in [5, 5.41) is 7.61. The summed E-state index contributed by atoms with van der Waals surface area (Å²) in [7, 11) is 3.25. The highest BCUT2D eigenvalue weighted by atomic mass is 32.2. The molecule has 30 heavy (non-hydrogen) atoms. The number of nitrogens with one attached hydrogen (secondary N) is 1. The molecule has 2 aromatic carbocycles. The Labute approximate surface area is 180 Å². The Balaban J connectivity index is 1.90. The zero-order chi connectivity index (χ0) is 21.4. The number of methoxy groups -OCH3 is 2. The number of hydrogen-bond donors (Lipinski definition) is 1. The van der Waals surface area contributed by atoms with Crippen LogP contribution in [0.4, 0.5) is 5.82 Å². The van der Waals surface area contributed by atoms with Crippen LogP contribution in [0.25, 0.3) is 5.69 Å². The second-order valence-corrected chi connectivity index (χ2v) is 8.81. The van der Waals surface area contributed by atoms with Crippen LogP contribution in [0.1, 0.15) is 34.6 Å². The second-order valence-electron chi connectivity index (χ2n) is 7.36. The quantitative estimate of drug-likeness (QED) is 0.661. The lowest BCUT2D eigenvalue weighted by Gasteiger charge is -2.19. The van der Waals surface area contributed by atoms with Gasteiger partial charge in [0, 0.05) is 5.56 Å². The third-order valence-corrected chi connectivity index (χ3v) is 6.68. The highest BCUT2D eigenvalue weighted by Gasteiger charge is 2.34. The number of rotatable bonds is 4. The summed E-state index contributed by atoms with van der Waals surface area (Å²) < 4.78 is 12.7. The van der Waals surface area contributed by atoms with E-state index in [-0.39, 0.29) is 16.4 Å². The maximum atomic E-state index is 12.8. The molecule has 4 rings (SSSR count). The smallest absolute Gasteiger partial charge is 0.238 e. The van der Waals surface area contributed by atoms with Gasteiger partial charge in [-0.05, 0) is 56.2 Å². The van der Waals surface area contributed by atoms with Crippen LogP contribution in [-0.4, -0.2) is 35.2 Å². The van der Waals surface area contributed by atoms with Crippen molar-refractivity contribution in [1.29, 1.82) is 0 Å². The van der Waals surface area contributed by atoms with Crippen molar-refractivity contribution >= 4 is 23.5 Å². The molecule has 0 spiro atoms. The number of ether oxygens (including phenoxy) is 2. The summed E-state index contributed by atoms with van der Waals surface area (Å²) >= 11 is 1.61. The Hall–Kier alpha value is -2.93. The first-order valence-electron chi connectivity index (χ1n) is 9.77. The van der Waals surface area contributed by atoms with Crippen molar-refractivity contribution in [2.24, 2.45) is 0 Å². The van der Waals surface area contributed by atoms with Gasteiger partial charge in [-0.15, -0.1) is 11.8 Å². The molecule has 1 amide bonds. The van der Waals surface area contributed by atoms with Crippen molar-refractivity contribution in [2.75, 3.05) is 19.5 Å². The van der Waals surface area contributed by atoms with Crippen LogP contribution in [0.2, 0.25) is 0 Å². The van der Waals surface area contributed by atoms with Gasteiger partial charge in [0.25, 0.3) is 0 Å². The van der Waals surface area contributed by atoms with E-state index in [1.807, 2.05) is 61.9 Å². The number of hydrogen-bond acceptors (Lipinski definition) is 5. The van der Waals surface area contributed by atoms with Crippen molar-refractivity contribution in [3.8, 4) is 17.2 Å². The Kier molecular flexibility index (Phi) is 5.47. The number of amides is 1. The Bertz CT molecular complexity index is 1110. The maximum absolute atomic E-state index is 12.8. The van der Waals surface area contributed by atoms with Gasteiger partial charge in [0.1, 0.15) is 5.82 Å². The fourth-order valence-electron chi connectivity index (χ4n) is 3.73. The van der Waals surface area contributed by atoms with E-state index in [0.717, 1.165) is 33.9 Å². The molecule has 2 heterocycles. The summed E-state index contributed by atoms with van der Waals surface area (Å²) in [6, 6.07) is 14.0. The summed E-state index contributed by atoms with van der Waals surface area (Å²) in [6.07, 6.45) is 0. The number of fused-ring (bicyclic) bond motifs is 1. The number of thioether (sulfide) groups is 1. The van der Waals surface area contributed by atoms with Gasteiger partial charge in [0.15, 0.2) is 11.5 Å². The highest BCUT2D eigenvalue weighted by Crippen LogP contribution is 2.47. The molecule has 0 radical (unpaired) electrons. The van der Waals surface area contributed by atoms with Crippen LogP contribution in [0, 0.1) is 13.8 Å². The predicted molar refractivity (Wildman–Crippen MR) is 120 cm³/mol. The minimum absolute atomic E-state index is 0.0296. The zero-order valence-electron chi connectivity index (χ0n) is 17.7. The third kappa shape index (κ3) is 3.54. The van der Waals surface area contributed by atoms with E-state index in [0.29, 0.717) is 11.5 Å². The molecule has 1 aromatic heterocycles. The Morgan fingerprint density at radius 2 is 1.83 bits per heavy atom. The number of carbonyl (C=O) groups excluding carboxylic acids is 1. The molecule has 1 aliphatic heterocycles. The van der Waals surface area contributed by atoms with Crippen molar-refractivity contribution in [3.63, 3.8) is 0 Å². The molecule has 6 nitrogen and oxygen atoms in total. The first-order chi connectivity index (χ1) is 14.4. The molecule has 3 aromatic rings. The van der Waals surface area contributed by atoms with Crippen LogP contribution >= 0.6 is 11.8 Å². The van der Waals surface area contributed by atoms with E-state index in [4.69, 9.17) is 14.6 Å². The third-order valence-electron chi connectivity index (χ3n) is 5.28. The molecule has 0 saturated carbocycles. The molecule has 1 N–H and O–H groups in total. The molecule has 0 fully saturated rings. The molecule has 156 valence electrons. The minimum Gasteiger partial charge on any atom is -0.493 e. The number of benzene rings is 2. The summed E-state index contributed by atoms with van der Waals surface area (Å²) in [5.74, 6) is 2.03. The van der Waals surface area contributed by atoms with E-state index in [1.165, 1.54) is 0 Å². The average Bonchev–Trinajstić information content (AvgIpc) is 2.99. The largest absolute Gasteiger partial charge is 0.493 e. The SMILES string of the molecule is COc1ccc([C@@H]2S[C@H](C)C(=O)Nc3c2c(C)nn3-c2cccc(C)c2)cc1OC. The van der Waals surface area contributed by atoms with E-state index >= 15 is 0 Å². The number of anilines is 1. The average molecular weight is 424 g/mol. The van der Waals surface area contributed by atoms with Gasteiger partial charge in [-0.25, -0.2) is 4.68 Å². The van der Waals surface area contributed by atoms with E-state index in [1.54, 1.807) is 26.0 Å².